The van der Waals surface area contributed by atoms with Crippen molar-refractivity contribution in [1.82, 2.24) is 0 Å². The van der Waals surface area contributed by atoms with Gasteiger partial charge in [-0.05, 0) is 37.7 Å². The average Bonchev–Trinajstić information content (AvgIpc) is 2.16. The van der Waals surface area contributed by atoms with Crippen molar-refractivity contribution in [2.75, 3.05) is 0 Å². The summed E-state index contributed by atoms with van der Waals surface area (Å²) in [5.74, 6) is 0. The summed E-state index contributed by atoms with van der Waals surface area (Å²) in [4.78, 5) is 0. The molecule has 0 heterocycles. The molecule has 2 saturated carbocycles. The van der Waals surface area contributed by atoms with E-state index in [9.17, 15) is 5.11 Å². The van der Waals surface area contributed by atoms with Crippen molar-refractivity contribution >= 4 is 0 Å². The maximum absolute atomic E-state index is 10.2. The third kappa shape index (κ3) is 1.54. The van der Waals surface area contributed by atoms with Gasteiger partial charge in [-0.2, -0.15) is 0 Å². The summed E-state index contributed by atoms with van der Waals surface area (Å²) in [7, 11) is 0. The molecule has 1 atom stereocenters. The van der Waals surface area contributed by atoms with Crippen LogP contribution in [0.15, 0.2) is 12.2 Å². The van der Waals surface area contributed by atoms with Gasteiger partial charge in [-0.1, -0.05) is 25.8 Å². The van der Waals surface area contributed by atoms with Gasteiger partial charge in [0.2, 0.25) is 0 Å². The topological polar surface area (TPSA) is 20.2 Å². The van der Waals surface area contributed by atoms with Crippen LogP contribution in [0.25, 0.3) is 0 Å². The lowest BCUT2D eigenvalue weighted by Gasteiger charge is -2.45. The lowest BCUT2D eigenvalue weighted by Crippen LogP contribution is -2.40. The van der Waals surface area contributed by atoms with Crippen LogP contribution in [-0.2, 0) is 0 Å². The van der Waals surface area contributed by atoms with Gasteiger partial charge in [0.05, 0.1) is 6.10 Å². The molecule has 2 fully saturated rings. The predicted octanol–water partition coefficient (Wildman–Crippen LogP) is 3.04. The summed E-state index contributed by atoms with van der Waals surface area (Å²) >= 11 is 0. The Labute approximate surface area is 80.8 Å². The molecule has 0 radical (unpaired) electrons. The minimum absolute atomic E-state index is 0.193. The molecule has 0 aromatic rings. The predicted molar refractivity (Wildman–Crippen MR) is 54.5 cm³/mol. The Bertz CT molecular complexity index is 196. The Balaban J connectivity index is 2.13. The Morgan fingerprint density at radius 1 is 1.08 bits per heavy atom. The standard InChI is InChI=1S/C12H20O/c1-10-6-5-9-12(11(10)13)7-3-2-4-8-12/h11,13H,1-9H2. The molecule has 1 spiro atoms. The highest BCUT2D eigenvalue weighted by atomic mass is 16.3. The van der Waals surface area contributed by atoms with Crippen molar-refractivity contribution in [3.63, 3.8) is 0 Å². The summed E-state index contributed by atoms with van der Waals surface area (Å²) in [6, 6.07) is 0. The first kappa shape index (κ1) is 9.26. The summed E-state index contributed by atoms with van der Waals surface area (Å²) in [5, 5.41) is 10.2. The van der Waals surface area contributed by atoms with E-state index in [1.807, 2.05) is 0 Å². The van der Waals surface area contributed by atoms with Crippen LogP contribution < -0.4 is 0 Å². The Morgan fingerprint density at radius 2 is 1.69 bits per heavy atom. The van der Waals surface area contributed by atoms with Gasteiger partial charge in [-0.25, -0.2) is 0 Å². The SMILES string of the molecule is C=C1CCCC2(CCCCC2)C1O. The number of rotatable bonds is 0. The highest BCUT2D eigenvalue weighted by Crippen LogP contribution is 2.48. The van der Waals surface area contributed by atoms with Crippen molar-refractivity contribution < 1.29 is 5.11 Å². The maximum Gasteiger partial charge on any atom is 0.0803 e. The molecule has 1 unspecified atom stereocenters. The van der Waals surface area contributed by atoms with Crippen molar-refractivity contribution in [1.29, 1.82) is 0 Å². The average molecular weight is 180 g/mol. The Kier molecular flexibility index (Phi) is 2.46. The molecule has 0 aromatic heterocycles. The van der Waals surface area contributed by atoms with Gasteiger partial charge in [0.25, 0.3) is 0 Å². The van der Waals surface area contributed by atoms with Gasteiger partial charge >= 0.3 is 0 Å². The quantitative estimate of drug-likeness (QED) is 0.568. The minimum atomic E-state index is -0.193. The fourth-order valence-electron chi connectivity index (χ4n) is 3.15. The van der Waals surface area contributed by atoms with Gasteiger partial charge in [0, 0.05) is 5.41 Å². The number of aliphatic hydroxyl groups excluding tert-OH is 1. The zero-order chi connectivity index (χ0) is 9.31. The largest absolute Gasteiger partial charge is 0.388 e. The van der Waals surface area contributed by atoms with Crippen LogP contribution in [-0.4, -0.2) is 11.2 Å². The van der Waals surface area contributed by atoms with Crippen LogP contribution in [0.2, 0.25) is 0 Å². The fourth-order valence-corrected chi connectivity index (χ4v) is 3.15. The van der Waals surface area contributed by atoms with Crippen molar-refractivity contribution in [2.45, 2.75) is 57.5 Å². The second-order valence-electron chi connectivity index (χ2n) is 4.84. The maximum atomic E-state index is 10.2. The molecule has 1 nitrogen and oxygen atoms in total. The van der Waals surface area contributed by atoms with Crippen molar-refractivity contribution in [3.05, 3.63) is 12.2 Å². The molecule has 2 rings (SSSR count). The zero-order valence-electron chi connectivity index (χ0n) is 8.39. The van der Waals surface area contributed by atoms with Crippen molar-refractivity contribution in [2.24, 2.45) is 5.41 Å². The number of hydrogen-bond acceptors (Lipinski definition) is 1. The molecular weight excluding hydrogens is 160 g/mol. The normalized spacial score (nSPS) is 33.6. The van der Waals surface area contributed by atoms with E-state index in [2.05, 4.69) is 6.58 Å². The molecule has 0 aromatic carbocycles. The third-order valence-corrected chi connectivity index (χ3v) is 3.99. The van der Waals surface area contributed by atoms with Gasteiger partial charge < -0.3 is 5.11 Å². The van der Waals surface area contributed by atoms with Crippen LogP contribution in [0.3, 0.4) is 0 Å². The molecule has 1 heteroatoms. The molecule has 0 bridgehead atoms. The second-order valence-corrected chi connectivity index (χ2v) is 4.84. The van der Waals surface area contributed by atoms with E-state index < -0.39 is 0 Å². The van der Waals surface area contributed by atoms with Crippen LogP contribution in [0.4, 0.5) is 0 Å². The first-order valence-electron chi connectivity index (χ1n) is 5.60. The number of aliphatic hydroxyl groups is 1. The van der Waals surface area contributed by atoms with E-state index in [0.717, 1.165) is 12.0 Å². The van der Waals surface area contributed by atoms with E-state index >= 15 is 0 Å². The lowest BCUT2D eigenvalue weighted by molar-refractivity contribution is -0.00323. The highest BCUT2D eigenvalue weighted by molar-refractivity contribution is 5.13. The monoisotopic (exact) mass is 180 g/mol. The number of hydrogen-bond donors (Lipinski definition) is 1. The van der Waals surface area contributed by atoms with Crippen LogP contribution in [0.5, 0.6) is 0 Å². The lowest BCUT2D eigenvalue weighted by atomic mass is 9.62. The molecule has 74 valence electrons. The molecular formula is C12H20O. The van der Waals surface area contributed by atoms with Gasteiger partial charge in [0.1, 0.15) is 0 Å². The summed E-state index contributed by atoms with van der Waals surface area (Å²) in [6.07, 6.45) is 9.77. The molecule has 1 N–H and O–H groups in total. The third-order valence-electron chi connectivity index (χ3n) is 3.99. The molecule has 2 aliphatic rings. The van der Waals surface area contributed by atoms with E-state index in [4.69, 9.17) is 0 Å². The van der Waals surface area contributed by atoms with Crippen LogP contribution >= 0.6 is 0 Å². The first-order valence-corrected chi connectivity index (χ1v) is 5.60. The van der Waals surface area contributed by atoms with Crippen LogP contribution in [0.1, 0.15) is 51.4 Å². The molecule has 13 heavy (non-hydrogen) atoms. The van der Waals surface area contributed by atoms with E-state index in [1.54, 1.807) is 0 Å². The molecule has 2 aliphatic carbocycles. The smallest absolute Gasteiger partial charge is 0.0803 e. The van der Waals surface area contributed by atoms with Gasteiger partial charge in [0.15, 0.2) is 0 Å². The molecule has 0 amide bonds. The summed E-state index contributed by atoms with van der Waals surface area (Å²) in [5.41, 5.74) is 1.33. The van der Waals surface area contributed by atoms with E-state index in [1.165, 1.54) is 44.9 Å². The van der Waals surface area contributed by atoms with Gasteiger partial charge in [-0.3, -0.25) is 0 Å². The van der Waals surface area contributed by atoms with Crippen molar-refractivity contribution in [3.8, 4) is 0 Å². The summed E-state index contributed by atoms with van der Waals surface area (Å²) < 4.78 is 0. The molecule has 0 aliphatic heterocycles. The Morgan fingerprint density at radius 3 is 2.38 bits per heavy atom. The second kappa shape index (κ2) is 3.45. The van der Waals surface area contributed by atoms with Crippen LogP contribution in [0, 0.1) is 5.41 Å². The minimum Gasteiger partial charge on any atom is -0.388 e. The Hall–Kier alpha value is -0.300. The fraction of sp³-hybridized carbons (Fsp3) is 0.833. The van der Waals surface area contributed by atoms with E-state index in [-0.39, 0.29) is 11.5 Å². The van der Waals surface area contributed by atoms with E-state index in [0.29, 0.717) is 0 Å². The highest BCUT2D eigenvalue weighted by Gasteiger charge is 2.41. The zero-order valence-corrected chi connectivity index (χ0v) is 8.39. The summed E-state index contributed by atoms with van der Waals surface area (Å²) in [6.45, 7) is 3.99. The van der Waals surface area contributed by atoms with Gasteiger partial charge in [-0.15, -0.1) is 0 Å². The first-order chi connectivity index (χ1) is 6.25. The molecule has 0 saturated heterocycles.